The maximum atomic E-state index is 11.5. The van der Waals surface area contributed by atoms with Crippen LogP contribution in [0.2, 0.25) is 0 Å². The lowest BCUT2D eigenvalue weighted by Crippen LogP contribution is -2.41. The third-order valence-electron chi connectivity index (χ3n) is 3.98. The summed E-state index contributed by atoms with van der Waals surface area (Å²) in [5, 5.41) is 4.29. The van der Waals surface area contributed by atoms with Crippen molar-refractivity contribution in [3.8, 4) is 0 Å². The van der Waals surface area contributed by atoms with Crippen molar-refractivity contribution in [2.75, 3.05) is 7.11 Å². The van der Waals surface area contributed by atoms with E-state index in [0.29, 0.717) is 5.69 Å². The van der Waals surface area contributed by atoms with Gasteiger partial charge in [-0.3, -0.25) is 9.48 Å². The number of methoxy groups -OCH3 is 1. The average molecular weight is 280 g/mol. The fourth-order valence-electron chi connectivity index (χ4n) is 2.07. The highest BCUT2D eigenvalue weighted by Crippen LogP contribution is 2.36. The number of aryl methyl sites for hydroxylation is 1. The Morgan fingerprint density at radius 1 is 1.35 bits per heavy atom. The molecule has 0 radical (unpaired) electrons. The van der Waals surface area contributed by atoms with Crippen LogP contribution >= 0.6 is 0 Å². The van der Waals surface area contributed by atoms with E-state index in [9.17, 15) is 4.79 Å². The molecule has 110 valence electrons. The molecule has 0 bridgehead atoms. The van der Waals surface area contributed by atoms with Gasteiger partial charge in [0.05, 0.1) is 30.4 Å². The highest BCUT2D eigenvalue weighted by molar-refractivity contribution is 6.62. The molecule has 1 fully saturated rings. The lowest BCUT2D eigenvalue weighted by Gasteiger charge is -2.32. The monoisotopic (exact) mass is 280 g/mol. The average Bonchev–Trinajstić information content (AvgIpc) is 2.77. The van der Waals surface area contributed by atoms with Crippen LogP contribution < -0.4 is 5.46 Å². The van der Waals surface area contributed by atoms with Crippen molar-refractivity contribution in [2.24, 2.45) is 7.05 Å². The van der Waals surface area contributed by atoms with Crippen LogP contribution in [0.25, 0.3) is 0 Å². The topological polar surface area (TPSA) is 62.6 Å². The van der Waals surface area contributed by atoms with Crippen LogP contribution in [-0.2, 0) is 32.3 Å². The first-order valence-corrected chi connectivity index (χ1v) is 6.61. The van der Waals surface area contributed by atoms with Gasteiger partial charge < -0.3 is 14.0 Å². The fourth-order valence-corrected chi connectivity index (χ4v) is 2.07. The zero-order valence-corrected chi connectivity index (χ0v) is 12.9. The minimum atomic E-state index is -0.520. The zero-order chi connectivity index (χ0) is 15.1. The number of nitrogens with zero attached hydrogens (tertiary/aromatic N) is 2. The number of ether oxygens (including phenoxy) is 1. The van der Waals surface area contributed by atoms with E-state index >= 15 is 0 Å². The van der Waals surface area contributed by atoms with Crippen molar-refractivity contribution in [2.45, 2.75) is 45.3 Å². The fraction of sp³-hybridized carbons (Fsp3) is 0.692. The summed E-state index contributed by atoms with van der Waals surface area (Å²) in [7, 11) is 2.64. The molecule has 1 aliphatic heterocycles. The maximum Gasteiger partial charge on any atom is 0.498 e. The van der Waals surface area contributed by atoms with Crippen LogP contribution in [0.3, 0.4) is 0 Å². The molecule has 0 aromatic carbocycles. The number of hydrogen-bond acceptors (Lipinski definition) is 5. The van der Waals surface area contributed by atoms with Gasteiger partial charge in [-0.25, -0.2) is 0 Å². The van der Waals surface area contributed by atoms with Crippen LogP contribution in [0.5, 0.6) is 0 Å². The molecular weight excluding hydrogens is 259 g/mol. The Kier molecular flexibility index (Phi) is 3.68. The van der Waals surface area contributed by atoms with E-state index in [1.807, 2.05) is 33.9 Å². The number of carbonyl (C=O) groups excluding carboxylic acids is 1. The van der Waals surface area contributed by atoms with Crippen molar-refractivity contribution < 1.29 is 18.8 Å². The second-order valence-electron chi connectivity index (χ2n) is 6.05. The summed E-state index contributed by atoms with van der Waals surface area (Å²) in [5.74, 6) is -0.332. The molecular formula is C13H21BN2O4. The highest BCUT2D eigenvalue weighted by atomic mass is 16.7. The van der Waals surface area contributed by atoms with Crippen molar-refractivity contribution in [3.63, 3.8) is 0 Å². The van der Waals surface area contributed by atoms with Gasteiger partial charge in [-0.05, 0) is 27.7 Å². The van der Waals surface area contributed by atoms with E-state index in [4.69, 9.17) is 14.0 Å². The van der Waals surface area contributed by atoms with E-state index in [0.717, 1.165) is 5.46 Å². The summed E-state index contributed by atoms with van der Waals surface area (Å²) in [5.41, 5.74) is 0.556. The second kappa shape index (κ2) is 4.89. The third-order valence-corrected chi connectivity index (χ3v) is 3.98. The smallest absolute Gasteiger partial charge is 0.469 e. The van der Waals surface area contributed by atoms with Crippen LogP contribution in [0.15, 0.2) is 6.20 Å². The Labute approximate surface area is 119 Å². The Hall–Kier alpha value is -1.34. The van der Waals surface area contributed by atoms with E-state index < -0.39 is 18.3 Å². The highest BCUT2D eigenvalue weighted by Gasteiger charge is 2.52. The summed E-state index contributed by atoms with van der Waals surface area (Å²) >= 11 is 0. The van der Waals surface area contributed by atoms with E-state index in [1.165, 1.54) is 7.11 Å². The van der Waals surface area contributed by atoms with E-state index in [1.54, 1.807) is 11.7 Å². The number of aromatic nitrogens is 2. The van der Waals surface area contributed by atoms with E-state index in [-0.39, 0.29) is 12.4 Å². The Balaban J connectivity index is 2.28. The maximum absolute atomic E-state index is 11.5. The minimum Gasteiger partial charge on any atom is -0.469 e. The van der Waals surface area contributed by atoms with Crippen LogP contribution in [0, 0.1) is 0 Å². The summed E-state index contributed by atoms with van der Waals surface area (Å²) in [6.45, 7) is 7.96. The molecule has 20 heavy (non-hydrogen) atoms. The molecule has 7 heteroatoms. The normalized spacial score (nSPS) is 20.2. The van der Waals surface area contributed by atoms with Gasteiger partial charge in [-0.2, -0.15) is 5.10 Å². The zero-order valence-electron chi connectivity index (χ0n) is 12.9. The summed E-state index contributed by atoms with van der Waals surface area (Å²) in [6.07, 6.45) is 1.93. The van der Waals surface area contributed by atoms with Crippen molar-refractivity contribution in [3.05, 3.63) is 11.9 Å². The third kappa shape index (κ3) is 2.60. The minimum absolute atomic E-state index is 0.108. The van der Waals surface area contributed by atoms with Gasteiger partial charge in [-0.15, -0.1) is 0 Å². The van der Waals surface area contributed by atoms with Gasteiger partial charge in [0.25, 0.3) is 0 Å². The molecule has 1 aromatic rings. The Bertz CT molecular complexity index is 508. The number of rotatable bonds is 3. The quantitative estimate of drug-likeness (QED) is 0.593. The molecule has 0 spiro atoms. The predicted octanol–water partition coefficient (Wildman–Crippen LogP) is 0.435. The number of esters is 1. The summed E-state index contributed by atoms with van der Waals surface area (Å²) in [6, 6.07) is 0. The molecule has 0 saturated carbocycles. The van der Waals surface area contributed by atoms with Gasteiger partial charge in [0.2, 0.25) is 0 Å². The molecule has 1 aliphatic rings. The lowest BCUT2D eigenvalue weighted by molar-refractivity contribution is -0.139. The molecule has 2 heterocycles. The first-order valence-electron chi connectivity index (χ1n) is 6.61. The van der Waals surface area contributed by atoms with Crippen molar-refractivity contribution in [1.29, 1.82) is 0 Å². The van der Waals surface area contributed by atoms with Crippen molar-refractivity contribution in [1.82, 2.24) is 9.78 Å². The molecule has 6 nitrogen and oxygen atoms in total. The lowest BCUT2D eigenvalue weighted by atomic mass is 9.78. The molecule has 0 unspecified atom stereocenters. The molecule has 1 aromatic heterocycles. The Morgan fingerprint density at radius 2 is 1.90 bits per heavy atom. The standard InChI is InChI=1S/C13H21BN2O4/c1-12(2)13(3,4)20-14(19-12)9-8-16(5)15-10(9)7-11(17)18-6/h8H,7H2,1-6H3. The largest absolute Gasteiger partial charge is 0.498 e. The number of carbonyl (C=O) groups is 1. The van der Waals surface area contributed by atoms with Crippen LogP contribution in [-0.4, -0.2) is 41.2 Å². The molecule has 1 saturated heterocycles. The molecule has 0 atom stereocenters. The first kappa shape index (κ1) is 15.1. The summed E-state index contributed by atoms with van der Waals surface area (Å²) < 4.78 is 18.3. The molecule has 0 aliphatic carbocycles. The predicted molar refractivity (Wildman–Crippen MR) is 74.6 cm³/mol. The second-order valence-corrected chi connectivity index (χ2v) is 6.05. The van der Waals surface area contributed by atoms with Crippen LogP contribution in [0.4, 0.5) is 0 Å². The first-order chi connectivity index (χ1) is 9.16. The molecule has 2 rings (SSSR count). The van der Waals surface area contributed by atoms with Gasteiger partial charge in [-0.1, -0.05) is 0 Å². The van der Waals surface area contributed by atoms with Gasteiger partial charge in [0, 0.05) is 18.7 Å². The van der Waals surface area contributed by atoms with Gasteiger partial charge in [0.1, 0.15) is 0 Å². The van der Waals surface area contributed by atoms with Crippen molar-refractivity contribution >= 4 is 18.6 Å². The van der Waals surface area contributed by atoms with Gasteiger partial charge >= 0.3 is 13.1 Å². The molecule has 0 N–H and O–H groups in total. The van der Waals surface area contributed by atoms with E-state index in [2.05, 4.69) is 5.10 Å². The van der Waals surface area contributed by atoms with Gasteiger partial charge in [0.15, 0.2) is 0 Å². The van der Waals surface area contributed by atoms with Crippen LogP contribution in [0.1, 0.15) is 33.4 Å². The summed E-state index contributed by atoms with van der Waals surface area (Å²) in [4.78, 5) is 11.5. The SMILES string of the molecule is COC(=O)Cc1nn(C)cc1B1OC(C)(C)C(C)(C)O1. The molecule has 0 amide bonds. The number of hydrogen-bond donors (Lipinski definition) is 0. The Morgan fingerprint density at radius 3 is 2.40 bits per heavy atom.